The number of rotatable bonds is 2. The lowest BCUT2D eigenvalue weighted by Crippen LogP contribution is -2.38. The predicted octanol–water partition coefficient (Wildman–Crippen LogP) is 4.02. The number of carbonyl (C=O) groups is 2. The number of hydrogen-bond donors (Lipinski definition) is 1. The van der Waals surface area contributed by atoms with E-state index in [1.54, 1.807) is 18.2 Å². The van der Waals surface area contributed by atoms with Gasteiger partial charge in [-0.3, -0.25) is 9.59 Å². The Morgan fingerprint density at radius 2 is 1.92 bits per heavy atom. The molecule has 24 heavy (non-hydrogen) atoms. The maximum atomic E-state index is 14.5. The second kappa shape index (κ2) is 5.69. The maximum absolute atomic E-state index is 14.5. The van der Waals surface area contributed by atoms with Crippen molar-refractivity contribution in [1.29, 1.82) is 0 Å². The van der Waals surface area contributed by atoms with E-state index in [9.17, 15) is 14.0 Å². The summed E-state index contributed by atoms with van der Waals surface area (Å²) < 4.78 is 14.5. The fraction of sp³-hybridized carbons (Fsp3) is 0.400. The molecule has 1 N–H and O–H groups in total. The molecule has 1 unspecified atom stereocenters. The van der Waals surface area contributed by atoms with Gasteiger partial charge in [0.1, 0.15) is 5.82 Å². The lowest BCUT2D eigenvalue weighted by atomic mass is 9.68. The minimum atomic E-state index is -0.622. The third-order valence-corrected chi connectivity index (χ3v) is 4.84. The zero-order valence-corrected chi connectivity index (χ0v) is 14.5. The molecule has 1 aromatic rings. The van der Waals surface area contributed by atoms with E-state index in [1.807, 2.05) is 20.8 Å². The van der Waals surface area contributed by atoms with Crippen molar-refractivity contribution in [3.8, 4) is 0 Å². The second-order valence-electron chi connectivity index (χ2n) is 7.51. The SMILES string of the molecule is CC(=O)C1=C(C)NC2=C(C(=O)CC(C)(C)C2)C1c1ccccc1F. The van der Waals surface area contributed by atoms with Crippen molar-refractivity contribution < 1.29 is 14.0 Å². The van der Waals surface area contributed by atoms with Crippen molar-refractivity contribution in [3.63, 3.8) is 0 Å². The van der Waals surface area contributed by atoms with Crippen molar-refractivity contribution in [2.75, 3.05) is 0 Å². The molecule has 0 saturated heterocycles. The van der Waals surface area contributed by atoms with Crippen molar-refractivity contribution in [2.45, 2.75) is 46.5 Å². The van der Waals surface area contributed by atoms with Gasteiger partial charge in [-0.15, -0.1) is 0 Å². The zero-order chi connectivity index (χ0) is 17.6. The Morgan fingerprint density at radius 3 is 2.54 bits per heavy atom. The monoisotopic (exact) mass is 327 g/mol. The first kappa shape index (κ1) is 16.6. The van der Waals surface area contributed by atoms with Crippen molar-refractivity contribution in [2.24, 2.45) is 5.41 Å². The Balaban J connectivity index is 2.24. The van der Waals surface area contributed by atoms with Gasteiger partial charge in [-0.05, 0) is 31.7 Å². The summed E-state index contributed by atoms with van der Waals surface area (Å²) >= 11 is 0. The maximum Gasteiger partial charge on any atom is 0.162 e. The van der Waals surface area contributed by atoms with Gasteiger partial charge in [-0.1, -0.05) is 32.0 Å². The molecule has 3 rings (SSSR count). The fourth-order valence-corrected chi connectivity index (χ4v) is 3.92. The Bertz CT molecular complexity index is 802. The average Bonchev–Trinajstić information content (AvgIpc) is 2.44. The normalized spacial score (nSPS) is 23.0. The third-order valence-electron chi connectivity index (χ3n) is 4.84. The van der Waals surface area contributed by atoms with E-state index in [1.165, 1.54) is 13.0 Å². The number of allylic oxidation sites excluding steroid dienone is 4. The standard InChI is InChI=1S/C20H22FNO2/c1-11-17(12(2)23)18(13-7-5-6-8-14(13)21)19-15(22-11)9-20(3,4)10-16(19)24/h5-8,18,22H,9-10H2,1-4H3. The molecule has 1 atom stereocenters. The number of nitrogens with one attached hydrogen (secondary N) is 1. The summed E-state index contributed by atoms with van der Waals surface area (Å²) in [6.45, 7) is 7.39. The van der Waals surface area contributed by atoms with Gasteiger partial charge < -0.3 is 5.32 Å². The van der Waals surface area contributed by atoms with Gasteiger partial charge in [-0.25, -0.2) is 4.39 Å². The minimum absolute atomic E-state index is 0.00625. The molecular formula is C20H22FNO2. The van der Waals surface area contributed by atoms with E-state index >= 15 is 0 Å². The minimum Gasteiger partial charge on any atom is -0.362 e. The largest absolute Gasteiger partial charge is 0.362 e. The number of carbonyl (C=O) groups excluding carboxylic acids is 2. The number of ketones is 2. The summed E-state index contributed by atoms with van der Waals surface area (Å²) in [4.78, 5) is 25.1. The summed E-state index contributed by atoms with van der Waals surface area (Å²) in [5.74, 6) is -1.16. The van der Waals surface area contributed by atoms with Crippen LogP contribution in [0.2, 0.25) is 0 Å². The summed E-state index contributed by atoms with van der Waals surface area (Å²) in [5.41, 5.74) is 2.81. The van der Waals surface area contributed by atoms with Crippen molar-refractivity contribution in [3.05, 3.63) is 58.2 Å². The van der Waals surface area contributed by atoms with Gasteiger partial charge in [0, 0.05) is 40.4 Å². The molecule has 0 bridgehead atoms. The molecule has 0 radical (unpaired) electrons. The molecule has 0 amide bonds. The third kappa shape index (κ3) is 2.70. The summed E-state index contributed by atoms with van der Waals surface area (Å²) in [6, 6.07) is 6.40. The van der Waals surface area contributed by atoms with E-state index in [4.69, 9.17) is 0 Å². The Morgan fingerprint density at radius 1 is 1.25 bits per heavy atom. The van der Waals surface area contributed by atoms with Gasteiger partial charge in [0.05, 0.1) is 0 Å². The molecule has 126 valence electrons. The predicted molar refractivity (Wildman–Crippen MR) is 90.7 cm³/mol. The van der Waals surface area contributed by atoms with E-state index in [-0.39, 0.29) is 22.8 Å². The van der Waals surface area contributed by atoms with E-state index in [0.29, 0.717) is 35.2 Å². The summed E-state index contributed by atoms with van der Waals surface area (Å²) in [7, 11) is 0. The van der Waals surface area contributed by atoms with Crippen LogP contribution in [0.5, 0.6) is 0 Å². The highest BCUT2D eigenvalue weighted by molar-refractivity contribution is 6.05. The molecule has 0 spiro atoms. The molecule has 1 aliphatic heterocycles. The highest BCUT2D eigenvalue weighted by Crippen LogP contribution is 2.47. The summed E-state index contributed by atoms with van der Waals surface area (Å²) in [6.07, 6.45) is 1.12. The van der Waals surface area contributed by atoms with Gasteiger partial charge >= 0.3 is 0 Å². The highest BCUT2D eigenvalue weighted by atomic mass is 19.1. The number of hydrogen-bond acceptors (Lipinski definition) is 3. The van der Waals surface area contributed by atoms with Crippen LogP contribution >= 0.6 is 0 Å². The Hall–Kier alpha value is -2.23. The Kier molecular flexibility index (Phi) is 3.94. The topological polar surface area (TPSA) is 46.2 Å². The number of dihydropyridines is 1. The van der Waals surface area contributed by atoms with Crippen molar-refractivity contribution in [1.82, 2.24) is 5.32 Å². The van der Waals surface area contributed by atoms with Gasteiger partial charge in [-0.2, -0.15) is 0 Å². The molecule has 1 aromatic carbocycles. The molecule has 0 fully saturated rings. The van der Waals surface area contributed by atoms with Crippen LogP contribution in [0, 0.1) is 11.2 Å². The van der Waals surface area contributed by atoms with Crippen molar-refractivity contribution >= 4 is 11.6 Å². The first-order chi connectivity index (χ1) is 11.2. The molecular weight excluding hydrogens is 305 g/mol. The quantitative estimate of drug-likeness (QED) is 0.892. The van der Waals surface area contributed by atoms with Crippen LogP contribution in [0.1, 0.15) is 52.0 Å². The zero-order valence-electron chi connectivity index (χ0n) is 14.5. The lowest BCUT2D eigenvalue weighted by molar-refractivity contribution is -0.118. The number of halogens is 1. The molecule has 3 nitrogen and oxygen atoms in total. The van der Waals surface area contributed by atoms with Crippen LogP contribution in [0.15, 0.2) is 46.8 Å². The molecule has 1 heterocycles. The van der Waals surface area contributed by atoms with Crippen LogP contribution in [0.4, 0.5) is 4.39 Å². The fourth-order valence-electron chi connectivity index (χ4n) is 3.92. The van der Waals surface area contributed by atoms with Crippen LogP contribution in [0.3, 0.4) is 0 Å². The molecule has 4 heteroatoms. The Labute approximate surface area is 141 Å². The number of benzene rings is 1. The van der Waals surface area contributed by atoms with E-state index in [2.05, 4.69) is 5.32 Å². The smallest absolute Gasteiger partial charge is 0.162 e. The molecule has 0 aromatic heterocycles. The van der Waals surface area contributed by atoms with Crippen LogP contribution < -0.4 is 5.32 Å². The van der Waals surface area contributed by atoms with Gasteiger partial charge in [0.25, 0.3) is 0 Å². The van der Waals surface area contributed by atoms with Gasteiger partial charge in [0.15, 0.2) is 11.6 Å². The van der Waals surface area contributed by atoms with Crippen LogP contribution in [-0.4, -0.2) is 11.6 Å². The number of Topliss-reactive ketones (excluding diaryl/α,β-unsaturated/α-hetero) is 2. The van der Waals surface area contributed by atoms with Crippen LogP contribution in [-0.2, 0) is 9.59 Å². The lowest BCUT2D eigenvalue weighted by Gasteiger charge is -2.39. The highest BCUT2D eigenvalue weighted by Gasteiger charge is 2.42. The molecule has 2 aliphatic rings. The van der Waals surface area contributed by atoms with Crippen LogP contribution in [0.25, 0.3) is 0 Å². The van der Waals surface area contributed by atoms with Gasteiger partial charge in [0.2, 0.25) is 0 Å². The van der Waals surface area contributed by atoms with E-state index < -0.39 is 5.92 Å². The second-order valence-corrected chi connectivity index (χ2v) is 7.51. The first-order valence-corrected chi connectivity index (χ1v) is 8.20. The summed E-state index contributed by atoms with van der Waals surface area (Å²) in [5, 5.41) is 3.25. The molecule has 0 saturated carbocycles. The average molecular weight is 327 g/mol. The first-order valence-electron chi connectivity index (χ1n) is 8.20. The molecule has 1 aliphatic carbocycles. The van der Waals surface area contributed by atoms with E-state index in [0.717, 1.165) is 5.70 Å².